The molecule has 25 heavy (non-hydrogen) atoms. The van der Waals surface area contributed by atoms with Crippen LogP contribution >= 0.6 is 0 Å². The molecule has 0 saturated heterocycles. The lowest BCUT2D eigenvalue weighted by molar-refractivity contribution is 0.00930. The van der Waals surface area contributed by atoms with Crippen molar-refractivity contribution in [1.29, 1.82) is 0 Å². The van der Waals surface area contributed by atoms with Crippen molar-refractivity contribution in [3.63, 3.8) is 0 Å². The Hall–Kier alpha value is -1.44. The molecule has 0 bridgehead atoms. The summed E-state index contributed by atoms with van der Waals surface area (Å²) in [5.41, 5.74) is 0. The number of hydrogen-bond donors (Lipinski definition) is 0. The van der Waals surface area contributed by atoms with Gasteiger partial charge >= 0.3 is 0 Å². The van der Waals surface area contributed by atoms with E-state index in [1.807, 2.05) is 0 Å². The van der Waals surface area contributed by atoms with Gasteiger partial charge in [0.25, 0.3) is 0 Å². The van der Waals surface area contributed by atoms with Crippen molar-refractivity contribution in [3.8, 4) is 0 Å². The lowest BCUT2D eigenvalue weighted by Crippen LogP contribution is -2.28. The van der Waals surface area contributed by atoms with E-state index >= 15 is 0 Å². The van der Waals surface area contributed by atoms with Crippen molar-refractivity contribution < 1.29 is 14.2 Å². The zero-order chi connectivity index (χ0) is 17.7. The molecule has 0 fully saturated rings. The molecule has 7 heteroatoms. The molecule has 0 atom stereocenters. The molecule has 2 heterocycles. The molecule has 0 aromatic heterocycles. The highest BCUT2D eigenvalue weighted by atomic mass is 16.5. The Morgan fingerprint density at radius 1 is 0.560 bits per heavy atom. The molecular formula is C18H34N4O3. The molecule has 0 N–H and O–H groups in total. The van der Waals surface area contributed by atoms with Gasteiger partial charge in [-0.05, 0) is 13.8 Å². The first-order valence-corrected chi connectivity index (χ1v) is 9.38. The summed E-state index contributed by atoms with van der Waals surface area (Å²) in [6, 6.07) is 0. The van der Waals surface area contributed by atoms with Gasteiger partial charge in [-0.2, -0.15) is 0 Å². The van der Waals surface area contributed by atoms with E-state index in [-0.39, 0.29) is 0 Å². The van der Waals surface area contributed by atoms with E-state index in [1.165, 1.54) is 0 Å². The Labute approximate surface area is 152 Å². The molecule has 0 spiro atoms. The first kappa shape index (κ1) is 19.9. The van der Waals surface area contributed by atoms with E-state index in [0.717, 1.165) is 52.7 Å². The monoisotopic (exact) mass is 354 g/mol. The van der Waals surface area contributed by atoms with Crippen molar-refractivity contribution in [1.82, 2.24) is 19.6 Å². The number of nitrogens with zero attached hydrogens (tertiary/aromatic N) is 4. The molecule has 2 aliphatic rings. The van der Waals surface area contributed by atoms with Crippen LogP contribution in [0.1, 0.15) is 13.8 Å². The van der Waals surface area contributed by atoms with Crippen LogP contribution in [0.25, 0.3) is 0 Å². The fourth-order valence-corrected chi connectivity index (χ4v) is 2.64. The van der Waals surface area contributed by atoms with E-state index in [1.54, 1.807) is 0 Å². The molecule has 2 aliphatic heterocycles. The summed E-state index contributed by atoms with van der Waals surface area (Å²) in [5, 5.41) is 0. The molecule has 0 amide bonds. The molecule has 0 unspecified atom stereocenters. The fraction of sp³-hybridized carbons (Fsp3) is 0.778. The molecule has 2 rings (SSSR count). The zero-order valence-corrected chi connectivity index (χ0v) is 15.8. The Balaban J connectivity index is 1.29. The van der Waals surface area contributed by atoms with Crippen molar-refractivity contribution in [3.05, 3.63) is 24.8 Å². The van der Waals surface area contributed by atoms with Gasteiger partial charge in [-0.15, -0.1) is 0 Å². The first-order valence-electron chi connectivity index (χ1n) is 9.38. The van der Waals surface area contributed by atoms with Crippen LogP contribution in [0, 0.1) is 0 Å². The smallest absolute Gasteiger partial charge is 0.0894 e. The van der Waals surface area contributed by atoms with Crippen LogP contribution in [-0.4, -0.2) is 98.8 Å². The average Bonchev–Trinajstić information content (AvgIpc) is 3.28. The fourth-order valence-electron chi connectivity index (χ4n) is 2.64. The average molecular weight is 354 g/mol. The third-order valence-corrected chi connectivity index (χ3v) is 4.31. The van der Waals surface area contributed by atoms with Gasteiger partial charge < -0.3 is 33.8 Å². The second-order valence-electron chi connectivity index (χ2n) is 6.15. The maximum Gasteiger partial charge on any atom is 0.0894 e. The van der Waals surface area contributed by atoms with Gasteiger partial charge in [-0.25, -0.2) is 0 Å². The predicted molar refractivity (Wildman–Crippen MR) is 98.6 cm³/mol. The molecule has 0 radical (unpaired) electrons. The molecule has 0 aliphatic carbocycles. The molecular weight excluding hydrogens is 320 g/mol. The van der Waals surface area contributed by atoms with Crippen LogP contribution in [0.3, 0.4) is 0 Å². The first-order chi connectivity index (χ1) is 12.3. The van der Waals surface area contributed by atoms with Gasteiger partial charge in [0.2, 0.25) is 0 Å². The summed E-state index contributed by atoms with van der Waals surface area (Å²) in [6.45, 7) is 14.2. The number of ether oxygens (including phenoxy) is 3. The number of rotatable bonds is 14. The topological polar surface area (TPSA) is 40.7 Å². The zero-order valence-electron chi connectivity index (χ0n) is 15.8. The third-order valence-electron chi connectivity index (χ3n) is 4.31. The van der Waals surface area contributed by atoms with E-state index in [4.69, 9.17) is 14.2 Å². The molecule has 0 saturated carbocycles. The summed E-state index contributed by atoms with van der Waals surface area (Å²) in [5.74, 6) is 0. The minimum Gasteiger partial charge on any atom is -0.377 e. The Kier molecular flexibility index (Phi) is 9.54. The summed E-state index contributed by atoms with van der Waals surface area (Å²) in [7, 11) is 0. The quantitative estimate of drug-likeness (QED) is 0.434. The molecule has 0 aromatic rings. The van der Waals surface area contributed by atoms with E-state index < -0.39 is 0 Å². The van der Waals surface area contributed by atoms with Gasteiger partial charge in [0.05, 0.1) is 53.0 Å². The predicted octanol–water partition coefficient (Wildman–Crippen LogP) is 1.17. The highest BCUT2D eigenvalue weighted by Gasteiger charge is 2.10. The van der Waals surface area contributed by atoms with E-state index in [0.29, 0.717) is 26.4 Å². The van der Waals surface area contributed by atoms with Crippen LogP contribution in [0.2, 0.25) is 0 Å². The van der Waals surface area contributed by atoms with Crippen LogP contribution in [0.4, 0.5) is 0 Å². The lowest BCUT2D eigenvalue weighted by Gasteiger charge is -2.20. The van der Waals surface area contributed by atoms with Gasteiger partial charge in [-0.3, -0.25) is 0 Å². The second kappa shape index (κ2) is 12.0. The maximum absolute atomic E-state index is 5.60. The Morgan fingerprint density at radius 2 is 0.920 bits per heavy atom. The van der Waals surface area contributed by atoms with Gasteiger partial charge in [-0.1, -0.05) is 0 Å². The highest BCUT2D eigenvalue weighted by molar-refractivity contribution is 4.90. The maximum atomic E-state index is 5.60. The minimum atomic E-state index is 0.626. The minimum absolute atomic E-state index is 0.626. The van der Waals surface area contributed by atoms with Crippen molar-refractivity contribution in [2.75, 3.05) is 79.2 Å². The lowest BCUT2D eigenvalue weighted by atomic mass is 10.6. The van der Waals surface area contributed by atoms with Gasteiger partial charge in [0.1, 0.15) is 0 Å². The van der Waals surface area contributed by atoms with Crippen molar-refractivity contribution >= 4 is 0 Å². The van der Waals surface area contributed by atoms with Gasteiger partial charge in [0, 0.05) is 51.0 Å². The normalized spacial score (nSPS) is 16.7. The molecule has 7 nitrogen and oxygen atoms in total. The number of hydrogen-bond acceptors (Lipinski definition) is 7. The molecule has 144 valence electrons. The summed E-state index contributed by atoms with van der Waals surface area (Å²) < 4.78 is 16.7. The van der Waals surface area contributed by atoms with Crippen molar-refractivity contribution in [2.24, 2.45) is 0 Å². The van der Waals surface area contributed by atoms with E-state index in [2.05, 4.69) is 58.2 Å². The standard InChI is InChI=1S/C18H34N4O3/c1-3-19-5-7-21(17-19)9-11-23-13-15-25-16-14-24-12-10-22-8-6-20(4-2)18-22/h5-8H,3-4,9-18H2,1-2H3. The SMILES string of the molecule is CCN1C=CN(CCOCCOCCOCCN2C=CN(CC)C2)C1. The van der Waals surface area contributed by atoms with Crippen LogP contribution in [0.5, 0.6) is 0 Å². The summed E-state index contributed by atoms with van der Waals surface area (Å²) in [4.78, 5) is 9.05. The van der Waals surface area contributed by atoms with E-state index in [9.17, 15) is 0 Å². The summed E-state index contributed by atoms with van der Waals surface area (Å²) in [6.07, 6.45) is 8.50. The molecule has 0 aromatic carbocycles. The van der Waals surface area contributed by atoms with Crippen LogP contribution in [0.15, 0.2) is 24.8 Å². The second-order valence-corrected chi connectivity index (χ2v) is 6.15. The largest absolute Gasteiger partial charge is 0.377 e. The van der Waals surface area contributed by atoms with Gasteiger partial charge in [0.15, 0.2) is 0 Å². The summed E-state index contributed by atoms with van der Waals surface area (Å²) >= 11 is 0. The van der Waals surface area contributed by atoms with Crippen LogP contribution in [-0.2, 0) is 14.2 Å². The third kappa shape index (κ3) is 7.98. The highest BCUT2D eigenvalue weighted by Crippen LogP contribution is 2.05. The van der Waals surface area contributed by atoms with Crippen LogP contribution < -0.4 is 0 Å². The Morgan fingerprint density at radius 3 is 1.28 bits per heavy atom. The Bertz CT molecular complexity index is 370. The van der Waals surface area contributed by atoms with Crippen molar-refractivity contribution in [2.45, 2.75) is 13.8 Å².